The summed E-state index contributed by atoms with van der Waals surface area (Å²) in [5.74, 6) is 1.17. The van der Waals surface area contributed by atoms with E-state index in [1.807, 2.05) is 0 Å². The van der Waals surface area contributed by atoms with E-state index >= 15 is 0 Å². The zero-order chi connectivity index (χ0) is 17.6. The molecule has 0 aliphatic rings. The van der Waals surface area contributed by atoms with Crippen LogP contribution in [0.4, 0.5) is 0 Å². The Balaban J connectivity index is 1.87. The molecule has 0 spiro atoms. The Morgan fingerprint density at radius 1 is 0.792 bits per heavy atom. The SMILES string of the molecule is CCCCCCCCCCCCCCCC(I)c1nc(C)c(C)[nH]1. The second-order valence-electron chi connectivity index (χ2n) is 7.33. The van der Waals surface area contributed by atoms with Crippen LogP contribution in [-0.4, -0.2) is 9.97 Å². The monoisotopic (exact) mass is 446 g/mol. The van der Waals surface area contributed by atoms with Crippen molar-refractivity contribution in [3.63, 3.8) is 0 Å². The number of alkyl halides is 1. The van der Waals surface area contributed by atoms with Crippen molar-refractivity contribution in [2.75, 3.05) is 0 Å². The number of nitrogens with zero attached hydrogens (tertiary/aromatic N) is 1. The Kier molecular flexibility index (Phi) is 13.0. The molecule has 0 aliphatic heterocycles. The molecule has 2 nitrogen and oxygen atoms in total. The molecule has 0 amide bonds. The largest absolute Gasteiger partial charge is 0.345 e. The first-order valence-electron chi connectivity index (χ1n) is 10.3. The number of halogens is 1. The Hall–Kier alpha value is -0.0600. The number of nitrogens with one attached hydrogen (secondary N) is 1. The Morgan fingerprint density at radius 2 is 1.25 bits per heavy atom. The molecule has 140 valence electrons. The fourth-order valence-electron chi connectivity index (χ4n) is 3.20. The molecule has 1 rings (SSSR count). The first kappa shape index (κ1) is 22.0. The van der Waals surface area contributed by atoms with Crippen molar-refractivity contribution in [2.24, 2.45) is 0 Å². The zero-order valence-electron chi connectivity index (χ0n) is 16.3. The highest BCUT2D eigenvalue weighted by Gasteiger charge is 2.11. The van der Waals surface area contributed by atoms with Gasteiger partial charge in [-0.3, -0.25) is 0 Å². The van der Waals surface area contributed by atoms with Crippen LogP contribution in [0.1, 0.15) is 118 Å². The summed E-state index contributed by atoms with van der Waals surface area (Å²) in [4.78, 5) is 8.05. The number of aryl methyl sites for hydroxylation is 2. The van der Waals surface area contributed by atoms with Crippen LogP contribution in [-0.2, 0) is 0 Å². The van der Waals surface area contributed by atoms with Crippen LogP contribution in [0.3, 0.4) is 0 Å². The summed E-state index contributed by atoms with van der Waals surface area (Å²) in [6.45, 7) is 6.49. The molecule has 3 heteroatoms. The van der Waals surface area contributed by atoms with E-state index in [1.54, 1.807) is 0 Å². The van der Waals surface area contributed by atoms with E-state index in [4.69, 9.17) is 0 Å². The maximum atomic E-state index is 4.63. The molecule has 1 unspecified atom stereocenters. The molecular weight excluding hydrogens is 407 g/mol. The minimum atomic E-state index is 0.544. The minimum absolute atomic E-state index is 0.544. The van der Waals surface area contributed by atoms with Crippen molar-refractivity contribution in [1.29, 1.82) is 0 Å². The summed E-state index contributed by atoms with van der Waals surface area (Å²) >= 11 is 2.54. The molecule has 1 atom stereocenters. The van der Waals surface area contributed by atoms with Crippen LogP contribution >= 0.6 is 22.6 Å². The van der Waals surface area contributed by atoms with Gasteiger partial charge in [0.25, 0.3) is 0 Å². The number of aromatic amines is 1. The van der Waals surface area contributed by atoms with E-state index in [1.165, 1.54) is 101 Å². The first-order valence-corrected chi connectivity index (χ1v) is 11.6. The lowest BCUT2D eigenvalue weighted by atomic mass is 10.0. The molecule has 1 N–H and O–H groups in total. The van der Waals surface area contributed by atoms with Gasteiger partial charge in [0.15, 0.2) is 0 Å². The Labute approximate surface area is 164 Å². The third-order valence-electron chi connectivity index (χ3n) is 5.00. The van der Waals surface area contributed by atoms with Gasteiger partial charge in [0.2, 0.25) is 0 Å². The number of rotatable bonds is 15. The van der Waals surface area contributed by atoms with Crippen molar-refractivity contribution < 1.29 is 0 Å². The van der Waals surface area contributed by atoms with E-state index in [-0.39, 0.29) is 0 Å². The Morgan fingerprint density at radius 3 is 1.67 bits per heavy atom. The number of hydrogen-bond donors (Lipinski definition) is 1. The highest BCUT2D eigenvalue weighted by Crippen LogP contribution is 2.28. The number of H-pyrrole nitrogens is 1. The topological polar surface area (TPSA) is 28.7 Å². The van der Waals surface area contributed by atoms with E-state index in [0.29, 0.717) is 3.92 Å². The molecule has 0 saturated carbocycles. The molecule has 0 aromatic carbocycles. The lowest BCUT2D eigenvalue weighted by Crippen LogP contribution is -1.93. The number of imidazole rings is 1. The maximum absolute atomic E-state index is 4.63. The quantitative estimate of drug-likeness (QED) is 0.165. The lowest BCUT2D eigenvalue weighted by molar-refractivity contribution is 0.535. The second kappa shape index (κ2) is 14.1. The van der Waals surface area contributed by atoms with Crippen molar-refractivity contribution in [3.05, 3.63) is 17.2 Å². The fraction of sp³-hybridized carbons (Fsp3) is 0.857. The maximum Gasteiger partial charge on any atom is 0.119 e. The van der Waals surface area contributed by atoms with Gasteiger partial charge in [0, 0.05) is 5.69 Å². The third kappa shape index (κ3) is 10.0. The third-order valence-corrected chi connectivity index (χ3v) is 6.22. The summed E-state index contributed by atoms with van der Waals surface area (Å²) in [6, 6.07) is 0. The van der Waals surface area contributed by atoms with Gasteiger partial charge >= 0.3 is 0 Å². The smallest absolute Gasteiger partial charge is 0.119 e. The molecule has 1 heterocycles. The van der Waals surface area contributed by atoms with Crippen molar-refractivity contribution in [1.82, 2.24) is 9.97 Å². The molecular formula is C21H39IN2. The highest BCUT2D eigenvalue weighted by molar-refractivity contribution is 14.1. The molecule has 1 aromatic heterocycles. The van der Waals surface area contributed by atoms with Crippen LogP contribution in [0, 0.1) is 13.8 Å². The van der Waals surface area contributed by atoms with Crippen molar-refractivity contribution in [3.8, 4) is 0 Å². The molecule has 0 bridgehead atoms. The number of aromatic nitrogens is 2. The fourth-order valence-corrected chi connectivity index (χ4v) is 3.94. The molecule has 0 fully saturated rings. The molecule has 0 radical (unpaired) electrons. The average Bonchev–Trinajstić information content (AvgIpc) is 2.91. The minimum Gasteiger partial charge on any atom is -0.345 e. The van der Waals surface area contributed by atoms with Crippen molar-refractivity contribution in [2.45, 2.75) is 115 Å². The average molecular weight is 446 g/mol. The lowest BCUT2D eigenvalue weighted by Gasteiger charge is -2.07. The van der Waals surface area contributed by atoms with Crippen LogP contribution in [0.5, 0.6) is 0 Å². The Bertz CT molecular complexity index is 394. The van der Waals surface area contributed by atoms with Gasteiger partial charge < -0.3 is 4.98 Å². The second-order valence-corrected chi connectivity index (χ2v) is 8.83. The van der Waals surface area contributed by atoms with Gasteiger partial charge in [0.1, 0.15) is 5.82 Å². The predicted molar refractivity (Wildman–Crippen MR) is 115 cm³/mol. The number of unbranched alkanes of at least 4 members (excludes halogenated alkanes) is 12. The van der Waals surface area contributed by atoms with Crippen LogP contribution < -0.4 is 0 Å². The summed E-state index contributed by atoms with van der Waals surface area (Å²) < 4.78 is 0.544. The first-order chi connectivity index (χ1) is 11.6. The van der Waals surface area contributed by atoms with Gasteiger partial charge in [-0.2, -0.15) is 0 Å². The standard InChI is InChI=1S/C21H39IN2/c1-4-5-6-7-8-9-10-11-12-13-14-15-16-17-20(22)21-23-18(2)19(3)24-21/h20H,4-17H2,1-3H3,(H,23,24). The van der Waals surface area contributed by atoms with Gasteiger partial charge in [-0.05, 0) is 20.3 Å². The van der Waals surface area contributed by atoms with E-state index in [9.17, 15) is 0 Å². The number of hydrogen-bond acceptors (Lipinski definition) is 1. The zero-order valence-corrected chi connectivity index (χ0v) is 18.5. The summed E-state index contributed by atoms with van der Waals surface area (Å²) in [5.41, 5.74) is 2.37. The van der Waals surface area contributed by atoms with Crippen LogP contribution in [0.2, 0.25) is 0 Å². The summed E-state index contributed by atoms with van der Waals surface area (Å²) in [5, 5.41) is 0. The van der Waals surface area contributed by atoms with Gasteiger partial charge in [0.05, 0.1) is 9.62 Å². The van der Waals surface area contributed by atoms with E-state index in [0.717, 1.165) is 5.69 Å². The highest BCUT2D eigenvalue weighted by atomic mass is 127. The van der Waals surface area contributed by atoms with Crippen LogP contribution in [0.15, 0.2) is 0 Å². The van der Waals surface area contributed by atoms with E-state index in [2.05, 4.69) is 53.3 Å². The predicted octanol–water partition coefficient (Wildman–Crippen LogP) is 7.98. The van der Waals surface area contributed by atoms with Gasteiger partial charge in [-0.1, -0.05) is 113 Å². The molecule has 1 aromatic rings. The van der Waals surface area contributed by atoms with Gasteiger partial charge in [-0.15, -0.1) is 0 Å². The normalized spacial score (nSPS) is 12.7. The molecule has 24 heavy (non-hydrogen) atoms. The van der Waals surface area contributed by atoms with Crippen molar-refractivity contribution >= 4 is 22.6 Å². The summed E-state index contributed by atoms with van der Waals surface area (Å²) in [7, 11) is 0. The molecule has 0 saturated heterocycles. The summed E-state index contributed by atoms with van der Waals surface area (Å²) in [6.07, 6.45) is 19.8. The van der Waals surface area contributed by atoms with E-state index < -0.39 is 0 Å². The molecule has 0 aliphatic carbocycles. The van der Waals surface area contributed by atoms with Gasteiger partial charge in [-0.25, -0.2) is 4.98 Å². The van der Waals surface area contributed by atoms with Crippen LogP contribution in [0.25, 0.3) is 0 Å².